The van der Waals surface area contributed by atoms with Gasteiger partial charge in [-0.3, -0.25) is 4.57 Å². The van der Waals surface area contributed by atoms with Crippen molar-refractivity contribution in [3.8, 4) is 11.4 Å². The largest absolute Gasteiger partial charge is 0.528 e. The van der Waals surface area contributed by atoms with Crippen LogP contribution in [0, 0.1) is 5.82 Å². The summed E-state index contributed by atoms with van der Waals surface area (Å²) < 4.78 is 26.9. The first-order valence-corrected chi connectivity index (χ1v) is 13.2. The van der Waals surface area contributed by atoms with E-state index in [1.165, 1.54) is 11.1 Å². The van der Waals surface area contributed by atoms with Crippen molar-refractivity contribution < 1.29 is 23.5 Å². The number of rotatable bonds is 4. The van der Waals surface area contributed by atoms with E-state index >= 15 is 0 Å². The van der Waals surface area contributed by atoms with Crippen molar-refractivity contribution in [1.82, 2.24) is 19.8 Å². The fourth-order valence-corrected chi connectivity index (χ4v) is 5.58. The molecule has 5 rings (SSSR count). The zero-order valence-corrected chi connectivity index (χ0v) is 22.8. The Morgan fingerprint density at radius 1 is 1.03 bits per heavy atom. The molecule has 202 valence electrons. The topological polar surface area (TPSA) is 78.7 Å². The lowest BCUT2D eigenvalue weighted by molar-refractivity contribution is -0.155. The SMILES string of the molecule is COc1ccc(F)cc1[C@H]1CC[C@H](c2nnc3n2-c2ccc(Cl)cc2CN(OC(=O)OC(C)(C)C)C3)CC1. The number of aromatic nitrogens is 3. The van der Waals surface area contributed by atoms with Crippen molar-refractivity contribution in [3.05, 3.63) is 70.0 Å². The number of fused-ring (bicyclic) bond motifs is 3. The first kappa shape index (κ1) is 26.4. The first-order valence-electron chi connectivity index (χ1n) is 12.8. The van der Waals surface area contributed by atoms with Crippen molar-refractivity contribution in [3.63, 3.8) is 0 Å². The van der Waals surface area contributed by atoms with Crippen LogP contribution in [-0.2, 0) is 22.7 Å². The average Bonchev–Trinajstić information content (AvgIpc) is 3.19. The van der Waals surface area contributed by atoms with Gasteiger partial charge in [-0.2, -0.15) is 0 Å². The van der Waals surface area contributed by atoms with Gasteiger partial charge in [0.25, 0.3) is 0 Å². The second kappa shape index (κ2) is 10.5. The molecule has 8 nitrogen and oxygen atoms in total. The summed E-state index contributed by atoms with van der Waals surface area (Å²) in [4.78, 5) is 18.0. The number of nitrogens with zero attached hydrogens (tertiary/aromatic N) is 4. The zero-order chi connectivity index (χ0) is 27.0. The summed E-state index contributed by atoms with van der Waals surface area (Å²) >= 11 is 6.34. The first-order chi connectivity index (χ1) is 18.1. The summed E-state index contributed by atoms with van der Waals surface area (Å²) in [5, 5.41) is 11.2. The maximum Gasteiger partial charge on any atom is 0.528 e. The quantitative estimate of drug-likeness (QED) is 0.340. The van der Waals surface area contributed by atoms with Crippen LogP contribution in [0.4, 0.5) is 9.18 Å². The Morgan fingerprint density at radius 2 is 1.76 bits per heavy atom. The predicted octanol–water partition coefficient (Wildman–Crippen LogP) is 6.69. The van der Waals surface area contributed by atoms with Crippen LogP contribution in [0.15, 0.2) is 36.4 Å². The van der Waals surface area contributed by atoms with E-state index in [1.807, 2.05) is 18.2 Å². The van der Waals surface area contributed by atoms with E-state index in [1.54, 1.807) is 40.0 Å². The molecule has 3 aromatic rings. The molecule has 0 spiro atoms. The molecule has 0 unspecified atom stereocenters. The van der Waals surface area contributed by atoms with Crippen LogP contribution in [0.1, 0.15) is 81.1 Å². The highest BCUT2D eigenvalue weighted by Crippen LogP contribution is 2.44. The Kier molecular flexibility index (Phi) is 7.33. The van der Waals surface area contributed by atoms with Gasteiger partial charge in [-0.1, -0.05) is 11.6 Å². The molecule has 10 heteroatoms. The molecule has 2 aromatic carbocycles. The Bertz CT molecular complexity index is 1330. The Labute approximate surface area is 226 Å². The molecule has 0 saturated heterocycles. The maximum atomic E-state index is 14.0. The molecule has 1 saturated carbocycles. The number of hydroxylamine groups is 2. The lowest BCUT2D eigenvalue weighted by Crippen LogP contribution is -2.31. The zero-order valence-electron chi connectivity index (χ0n) is 22.0. The van der Waals surface area contributed by atoms with Gasteiger partial charge in [-0.25, -0.2) is 9.18 Å². The monoisotopic (exact) mass is 542 g/mol. The van der Waals surface area contributed by atoms with Gasteiger partial charge in [0, 0.05) is 16.5 Å². The summed E-state index contributed by atoms with van der Waals surface area (Å²) in [6, 6.07) is 10.4. The van der Waals surface area contributed by atoms with Gasteiger partial charge < -0.3 is 14.3 Å². The molecule has 0 radical (unpaired) electrons. The Morgan fingerprint density at radius 3 is 2.47 bits per heavy atom. The summed E-state index contributed by atoms with van der Waals surface area (Å²) in [5.74, 6) is 2.40. The van der Waals surface area contributed by atoms with Crippen LogP contribution in [0.2, 0.25) is 5.02 Å². The molecule has 0 N–H and O–H groups in total. The highest BCUT2D eigenvalue weighted by Gasteiger charge is 2.33. The van der Waals surface area contributed by atoms with Crippen LogP contribution in [0.5, 0.6) is 5.75 Å². The van der Waals surface area contributed by atoms with Crippen molar-refractivity contribution in [2.75, 3.05) is 7.11 Å². The number of carbonyl (C=O) groups is 1. The van der Waals surface area contributed by atoms with Gasteiger partial charge in [-0.05, 0) is 94.3 Å². The van der Waals surface area contributed by atoms with E-state index in [0.717, 1.165) is 54.1 Å². The fourth-order valence-electron chi connectivity index (χ4n) is 5.39. The third-order valence-corrected chi connectivity index (χ3v) is 7.25. The van der Waals surface area contributed by atoms with Gasteiger partial charge >= 0.3 is 6.16 Å². The summed E-state index contributed by atoms with van der Waals surface area (Å²) in [5.41, 5.74) is 2.04. The maximum absolute atomic E-state index is 14.0. The fraction of sp³-hybridized carbons (Fsp3) is 0.464. The average molecular weight is 543 g/mol. The Balaban J connectivity index is 1.40. The molecule has 2 aliphatic rings. The molecular weight excluding hydrogens is 511 g/mol. The third-order valence-electron chi connectivity index (χ3n) is 7.02. The molecule has 0 atom stereocenters. The van der Waals surface area contributed by atoms with Crippen molar-refractivity contribution in [1.29, 1.82) is 0 Å². The molecule has 38 heavy (non-hydrogen) atoms. The van der Waals surface area contributed by atoms with E-state index < -0.39 is 11.8 Å². The molecule has 0 amide bonds. The number of benzene rings is 2. The standard InChI is InChI=1S/C28H32ClFN4O4/c1-28(2,3)37-27(35)38-33-15-19-13-20(29)9-11-23(19)34-25(16-33)31-32-26(34)18-7-5-17(6-8-18)22-14-21(30)10-12-24(22)36-4/h9-14,17-18H,5-8,15-16H2,1-4H3/t17-,18-. The molecule has 1 aliphatic heterocycles. The highest BCUT2D eigenvalue weighted by molar-refractivity contribution is 6.30. The minimum atomic E-state index is -0.777. The van der Waals surface area contributed by atoms with Gasteiger partial charge in [-0.15, -0.1) is 15.3 Å². The summed E-state index contributed by atoms with van der Waals surface area (Å²) in [6.07, 6.45) is 2.75. The normalized spacial score (nSPS) is 19.7. The number of halogens is 2. The highest BCUT2D eigenvalue weighted by atomic mass is 35.5. The molecular formula is C28H32ClFN4O4. The summed E-state index contributed by atoms with van der Waals surface area (Å²) in [6.45, 7) is 5.92. The van der Waals surface area contributed by atoms with Crippen LogP contribution in [0.3, 0.4) is 0 Å². The van der Waals surface area contributed by atoms with E-state index in [9.17, 15) is 9.18 Å². The predicted molar refractivity (Wildman–Crippen MR) is 140 cm³/mol. The van der Waals surface area contributed by atoms with Crippen LogP contribution < -0.4 is 4.74 Å². The van der Waals surface area contributed by atoms with Gasteiger partial charge in [0.1, 0.15) is 23.0 Å². The Hall–Kier alpha value is -3.17. The van der Waals surface area contributed by atoms with E-state index in [0.29, 0.717) is 17.4 Å². The van der Waals surface area contributed by atoms with Gasteiger partial charge in [0.2, 0.25) is 0 Å². The number of carbonyl (C=O) groups excluding carboxylic acids is 1. The third kappa shape index (κ3) is 5.63. The molecule has 1 aliphatic carbocycles. The second-order valence-corrected chi connectivity index (χ2v) is 11.3. The van der Waals surface area contributed by atoms with Crippen LogP contribution in [0.25, 0.3) is 5.69 Å². The molecule has 1 aromatic heterocycles. The lowest BCUT2D eigenvalue weighted by atomic mass is 9.78. The van der Waals surface area contributed by atoms with Crippen molar-refractivity contribution >= 4 is 17.8 Å². The van der Waals surface area contributed by atoms with Crippen molar-refractivity contribution in [2.24, 2.45) is 0 Å². The van der Waals surface area contributed by atoms with Crippen LogP contribution in [-0.4, -0.2) is 38.7 Å². The number of hydrogen-bond donors (Lipinski definition) is 0. The minimum absolute atomic E-state index is 0.175. The van der Waals surface area contributed by atoms with Gasteiger partial charge in [0.15, 0.2) is 5.82 Å². The summed E-state index contributed by atoms with van der Waals surface area (Å²) in [7, 11) is 1.62. The number of hydrogen-bond acceptors (Lipinski definition) is 7. The number of ether oxygens (including phenoxy) is 2. The van der Waals surface area contributed by atoms with E-state index in [4.69, 9.17) is 25.9 Å². The minimum Gasteiger partial charge on any atom is -0.496 e. The number of methoxy groups -OCH3 is 1. The second-order valence-electron chi connectivity index (χ2n) is 10.9. The smallest absolute Gasteiger partial charge is 0.496 e. The molecule has 1 fully saturated rings. The van der Waals surface area contributed by atoms with Crippen molar-refractivity contribution in [2.45, 2.75) is 77.0 Å². The molecule has 0 bridgehead atoms. The van der Waals surface area contributed by atoms with Gasteiger partial charge in [0.05, 0.1) is 25.9 Å². The van der Waals surface area contributed by atoms with E-state index in [-0.39, 0.29) is 24.2 Å². The van der Waals surface area contributed by atoms with Crippen LogP contribution >= 0.6 is 11.6 Å². The van der Waals surface area contributed by atoms with E-state index in [2.05, 4.69) is 14.8 Å². The molecule has 2 heterocycles. The lowest BCUT2D eigenvalue weighted by Gasteiger charge is -2.29.